The number of amides is 1. The number of fused-ring (bicyclic) bond motifs is 2. The predicted molar refractivity (Wildman–Crippen MR) is 96.8 cm³/mol. The van der Waals surface area contributed by atoms with Crippen molar-refractivity contribution in [1.82, 2.24) is 14.3 Å². The van der Waals surface area contributed by atoms with Gasteiger partial charge in [0, 0.05) is 49.7 Å². The molecule has 0 radical (unpaired) electrons. The van der Waals surface area contributed by atoms with Gasteiger partial charge in [-0.3, -0.25) is 4.79 Å². The minimum Gasteiger partial charge on any atom is -0.354 e. The van der Waals surface area contributed by atoms with Crippen LogP contribution in [0, 0.1) is 5.92 Å². The summed E-state index contributed by atoms with van der Waals surface area (Å²) in [5, 5.41) is 0. The van der Waals surface area contributed by atoms with Crippen LogP contribution in [0.15, 0.2) is 61.1 Å². The van der Waals surface area contributed by atoms with Crippen molar-refractivity contribution in [2.24, 2.45) is 5.92 Å². The maximum atomic E-state index is 13.1. The molecule has 0 aromatic carbocycles. The van der Waals surface area contributed by atoms with Gasteiger partial charge in [-0.1, -0.05) is 12.1 Å². The molecule has 1 amide bonds. The summed E-state index contributed by atoms with van der Waals surface area (Å²) in [7, 11) is 0. The SMILES string of the molecule is O=C(c1cc2ccccn2c1)N1CCC2CN(c3ccccn3)CC21. The largest absolute Gasteiger partial charge is 0.354 e. The van der Waals surface area contributed by atoms with Gasteiger partial charge in [-0.2, -0.15) is 0 Å². The summed E-state index contributed by atoms with van der Waals surface area (Å²) in [6.45, 7) is 2.72. The average Bonchev–Trinajstić information content (AvgIpc) is 3.35. The average molecular weight is 332 g/mol. The first-order valence-electron chi connectivity index (χ1n) is 8.83. The van der Waals surface area contributed by atoms with E-state index in [1.165, 1.54) is 0 Å². The summed E-state index contributed by atoms with van der Waals surface area (Å²) < 4.78 is 2.01. The van der Waals surface area contributed by atoms with Crippen molar-refractivity contribution in [3.8, 4) is 0 Å². The van der Waals surface area contributed by atoms with E-state index in [1.807, 2.05) is 65.5 Å². The highest BCUT2D eigenvalue weighted by Crippen LogP contribution is 2.34. The van der Waals surface area contributed by atoms with Crippen LogP contribution in [-0.4, -0.2) is 45.9 Å². The van der Waals surface area contributed by atoms with E-state index >= 15 is 0 Å². The van der Waals surface area contributed by atoms with Crippen LogP contribution >= 0.6 is 0 Å². The van der Waals surface area contributed by atoms with Gasteiger partial charge in [0.05, 0.1) is 11.6 Å². The second-order valence-electron chi connectivity index (χ2n) is 6.97. The molecule has 2 fully saturated rings. The molecule has 5 heteroatoms. The molecular weight excluding hydrogens is 312 g/mol. The van der Waals surface area contributed by atoms with Gasteiger partial charge in [0.15, 0.2) is 0 Å². The normalized spacial score (nSPS) is 22.6. The number of pyridine rings is 2. The maximum Gasteiger partial charge on any atom is 0.255 e. The summed E-state index contributed by atoms with van der Waals surface area (Å²) in [6, 6.07) is 14.3. The van der Waals surface area contributed by atoms with Crippen molar-refractivity contribution in [2.75, 3.05) is 24.5 Å². The number of likely N-dealkylation sites (tertiary alicyclic amines) is 1. The molecular formula is C20H20N4O. The van der Waals surface area contributed by atoms with E-state index in [0.717, 1.165) is 43.0 Å². The Morgan fingerprint density at radius 3 is 2.88 bits per heavy atom. The predicted octanol–water partition coefficient (Wildman–Crippen LogP) is 2.69. The number of hydrogen-bond donors (Lipinski definition) is 0. The lowest BCUT2D eigenvalue weighted by molar-refractivity contribution is 0.0738. The van der Waals surface area contributed by atoms with E-state index in [-0.39, 0.29) is 11.9 Å². The molecule has 0 saturated carbocycles. The number of nitrogens with zero attached hydrogens (tertiary/aromatic N) is 4. The van der Waals surface area contributed by atoms with Gasteiger partial charge in [-0.05, 0) is 36.8 Å². The third kappa shape index (κ3) is 2.38. The first-order chi connectivity index (χ1) is 12.3. The molecule has 2 atom stereocenters. The van der Waals surface area contributed by atoms with Gasteiger partial charge in [-0.25, -0.2) is 4.98 Å². The summed E-state index contributed by atoms with van der Waals surface area (Å²) in [5.74, 6) is 1.71. The lowest BCUT2D eigenvalue weighted by Gasteiger charge is -2.25. The molecule has 5 heterocycles. The molecule has 2 saturated heterocycles. The van der Waals surface area contributed by atoms with Crippen molar-refractivity contribution >= 4 is 17.2 Å². The van der Waals surface area contributed by atoms with E-state index in [1.54, 1.807) is 0 Å². The summed E-state index contributed by atoms with van der Waals surface area (Å²) in [4.78, 5) is 21.9. The second kappa shape index (κ2) is 5.62. The molecule has 3 aromatic rings. The summed E-state index contributed by atoms with van der Waals surface area (Å²) in [6.07, 6.45) is 6.83. The third-order valence-electron chi connectivity index (χ3n) is 5.53. The first-order valence-corrected chi connectivity index (χ1v) is 8.83. The molecule has 0 spiro atoms. The van der Waals surface area contributed by atoms with E-state index in [0.29, 0.717) is 5.92 Å². The van der Waals surface area contributed by atoms with Crippen molar-refractivity contribution in [2.45, 2.75) is 12.5 Å². The van der Waals surface area contributed by atoms with Crippen molar-refractivity contribution in [1.29, 1.82) is 0 Å². The number of aromatic nitrogens is 2. The Labute approximate surface area is 146 Å². The van der Waals surface area contributed by atoms with Crippen molar-refractivity contribution < 1.29 is 4.79 Å². The van der Waals surface area contributed by atoms with Crippen LogP contribution in [0.1, 0.15) is 16.8 Å². The monoisotopic (exact) mass is 332 g/mol. The zero-order chi connectivity index (χ0) is 16.8. The Morgan fingerprint density at radius 2 is 2.04 bits per heavy atom. The lowest BCUT2D eigenvalue weighted by atomic mass is 10.1. The van der Waals surface area contributed by atoms with E-state index in [4.69, 9.17) is 0 Å². The van der Waals surface area contributed by atoms with Crippen LogP contribution in [0.25, 0.3) is 5.52 Å². The van der Waals surface area contributed by atoms with Crippen LogP contribution in [0.2, 0.25) is 0 Å². The molecule has 2 unspecified atom stereocenters. The molecule has 0 bridgehead atoms. The standard InChI is InChI=1S/C20H20N4O/c25-20(16-11-17-5-2-4-9-22(17)13-16)24-10-7-15-12-23(14-18(15)24)19-6-1-3-8-21-19/h1-6,8-9,11,13,15,18H,7,10,12,14H2. The number of rotatable bonds is 2. The van der Waals surface area contributed by atoms with Gasteiger partial charge in [0.25, 0.3) is 5.91 Å². The number of anilines is 1. The second-order valence-corrected chi connectivity index (χ2v) is 6.97. The number of hydrogen-bond acceptors (Lipinski definition) is 3. The smallest absolute Gasteiger partial charge is 0.255 e. The maximum absolute atomic E-state index is 13.1. The molecule has 2 aliphatic rings. The van der Waals surface area contributed by atoms with Crippen LogP contribution in [-0.2, 0) is 0 Å². The minimum absolute atomic E-state index is 0.152. The van der Waals surface area contributed by atoms with Crippen molar-refractivity contribution in [3.05, 3.63) is 66.6 Å². The molecule has 5 rings (SSSR count). The van der Waals surface area contributed by atoms with Crippen molar-refractivity contribution in [3.63, 3.8) is 0 Å². The van der Waals surface area contributed by atoms with Gasteiger partial charge >= 0.3 is 0 Å². The van der Waals surface area contributed by atoms with Crippen LogP contribution in [0.4, 0.5) is 5.82 Å². The summed E-state index contributed by atoms with van der Waals surface area (Å²) in [5.41, 5.74) is 1.84. The zero-order valence-electron chi connectivity index (χ0n) is 14.0. The van der Waals surface area contributed by atoms with Gasteiger partial charge in [0.2, 0.25) is 0 Å². The quantitative estimate of drug-likeness (QED) is 0.724. The fourth-order valence-corrected chi connectivity index (χ4v) is 4.28. The highest BCUT2D eigenvalue weighted by Gasteiger charge is 2.43. The molecule has 25 heavy (non-hydrogen) atoms. The molecule has 0 N–H and O–H groups in total. The fraction of sp³-hybridized carbons (Fsp3) is 0.300. The minimum atomic E-state index is 0.152. The van der Waals surface area contributed by atoms with E-state index < -0.39 is 0 Å². The fourth-order valence-electron chi connectivity index (χ4n) is 4.28. The third-order valence-corrected chi connectivity index (χ3v) is 5.53. The molecule has 3 aromatic heterocycles. The Balaban J connectivity index is 1.39. The molecule has 126 valence electrons. The lowest BCUT2D eigenvalue weighted by Crippen LogP contribution is -2.39. The molecule has 2 aliphatic heterocycles. The molecule has 0 aliphatic carbocycles. The van der Waals surface area contributed by atoms with E-state index in [2.05, 4.69) is 14.8 Å². The first kappa shape index (κ1) is 14.5. The Hall–Kier alpha value is -2.82. The Bertz CT molecular complexity index is 887. The van der Waals surface area contributed by atoms with E-state index in [9.17, 15) is 4.79 Å². The van der Waals surface area contributed by atoms with Crippen LogP contribution < -0.4 is 4.90 Å². The van der Waals surface area contributed by atoms with Crippen LogP contribution in [0.3, 0.4) is 0 Å². The highest BCUT2D eigenvalue weighted by atomic mass is 16.2. The van der Waals surface area contributed by atoms with Gasteiger partial charge in [-0.15, -0.1) is 0 Å². The zero-order valence-corrected chi connectivity index (χ0v) is 14.0. The molecule has 5 nitrogen and oxygen atoms in total. The van der Waals surface area contributed by atoms with Gasteiger partial charge < -0.3 is 14.2 Å². The van der Waals surface area contributed by atoms with Crippen LogP contribution in [0.5, 0.6) is 0 Å². The Morgan fingerprint density at radius 1 is 1.12 bits per heavy atom. The summed E-state index contributed by atoms with van der Waals surface area (Å²) >= 11 is 0. The number of carbonyl (C=O) groups excluding carboxylic acids is 1. The van der Waals surface area contributed by atoms with Gasteiger partial charge in [0.1, 0.15) is 5.82 Å². The Kier molecular flexibility index (Phi) is 3.26. The topological polar surface area (TPSA) is 40.9 Å². The highest BCUT2D eigenvalue weighted by molar-refractivity contribution is 5.96. The number of carbonyl (C=O) groups is 1.